The van der Waals surface area contributed by atoms with Crippen molar-refractivity contribution in [2.45, 2.75) is 6.42 Å². The zero-order chi connectivity index (χ0) is 18.4. The normalized spacial score (nSPS) is 14.5. The summed E-state index contributed by atoms with van der Waals surface area (Å²) in [6, 6.07) is 14.5. The lowest BCUT2D eigenvalue weighted by molar-refractivity contribution is -0.130. The zero-order valence-corrected chi connectivity index (χ0v) is 15.4. The van der Waals surface area contributed by atoms with Crippen LogP contribution < -0.4 is 10.2 Å². The third-order valence-corrected chi connectivity index (χ3v) is 4.85. The molecule has 0 aromatic heterocycles. The smallest absolute Gasteiger partial charge is 0.236 e. The highest BCUT2D eigenvalue weighted by Gasteiger charge is 2.21. The van der Waals surface area contributed by atoms with Crippen LogP contribution in [0.25, 0.3) is 0 Å². The number of nitrogens with zero attached hydrogens (tertiary/aromatic N) is 2. The fraction of sp³-hybridized carbons (Fsp3) is 0.350. The number of anilines is 1. The van der Waals surface area contributed by atoms with Gasteiger partial charge in [0.1, 0.15) is 5.82 Å². The molecule has 0 saturated carbocycles. The summed E-state index contributed by atoms with van der Waals surface area (Å²) in [5, 5.41) is 3.84. The zero-order valence-electron chi connectivity index (χ0n) is 14.6. The van der Waals surface area contributed by atoms with Crippen LogP contribution in [0.5, 0.6) is 0 Å². The van der Waals surface area contributed by atoms with E-state index in [1.807, 2.05) is 35.2 Å². The Labute approximate surface area is 158 Å². The van der Waals surface area contributed by atoms with Gasteiger partial charge in [0.25, 0.3) is 0 Å². The first-order valence-corrected chi connectivity index (χ1v) is 9.24. The molecule has 1 aliphatic heterocycles. The molecule has 3 rings (SSSR count). The van der Waals surface area contributed by atoms with Gasteiger partial charge >= 0.3 is 0 Å². The van der Waals surface area contributed by atoms with Gasteiger partial charge in [-0.05, 0) is 42.8 Å². The van der Waals surface area contributed by atoms with E-state index in [1.165, 1.54) is 6.07 Å². The number of hydrogen-bond acceptors (Lipinski definition) is 3. The highest BCUT2D eigenvalue weighted by molar-refractivity contribution is 6.30. The van der Waals surface area contributed by atoms with Gasteiger partial charge < -0.3 is 15.1 Å². The van der Waals surface area contributed by atoms with E-state index in [4.69, 9.17) is 11.6 Å². The maximum atomic E-state index is 13.6. The van der Waals surface area contributed by atoms with Crippen molar-refractivity contribution in [2.24, 2.45) is 0 Å². The van der Waals surface area contributed by atoms with Crippen LogP contribution in [0, 0.1) is 5.82 Å². The molecule has 1 saturated heterocycles. The van der Waals surface area contributed by atoms with Crippen molar-refractivity contribution < 1.29 is 9.18 Å². The van der Waals surface area contributed by atoms with Crippen molar-refractivity contribution in [3.63, 3.8) is 0 Å². The number of hydrogen-bond donors (Lipinski definition) is 1. The van der Waals surface area contributed by atoms with Gasteiger partial charge in [-0.3, -0.25) is 4.79 Å². The highest BCUT2D eigenvalue weighted by Crippen LogP contribution is 2.20. The molecule has 0 unspecified atom stereocenters. The first-order chi connectivity index (χ1) is 12.6. The third-order valence-electron chi connectivity index (χ3n) is 4.61. The van der Waals surface area contributed by atoms with Crippen LogP contribution in [0.4, 0.5) is 10.1 Å². The summed E-state index contributed by atoms with van der Waals surface area (Å²) in [5.74, 6) is -0.109. The summed E-state index contributed by atoms with van der Waals surface area (Å²) in [6.45, 7) is 3.84. The van der Waals surface area contributed by atoms with Gasteiger partial charge in [-0.2, -0.15) is 0 Å². The molecule has 1 N–H and O–H groups in total. The van der Waals surface area contributed by atoms with Gasteiger partial charge in [-0.1, -0.05) is 35.9 Å². The molecule has 1 aliphatic rings. The van der Waals surface area contributed by atoms with E-state index in [1.54, 1.807) is 12.1 Å². The number of nitrogens with one attached hydrogen (secondary N) is 1. The summed E-state index contributed by atoms with van der Waals surface area (Å²) < 4.78 is 13.6. The Bertz CT molecular complexity index is 747. The number of carbonyl (C=O) groups is 1. The molecule has 0 atom stereocenters. The van der Waals surface area contributed by atoms with E-state index in [0.29, 0.717) is 31.6 Å². The van der Waals surface area contributed by atoms with Crippen LogP contribution in [0.15, 0.2) is 48.5 Å². The molecule has 2 aromatic rings. The van der Waals surface area contributed by atoms with Crippen LogP contribution in [0.3, 0.4) is 0 Å². The Morgan fingerprint density at radius 2 is 1.85 bits per heavy atom. The van der Waals surface area contributed by atoms with E-state index in [9.17, 15) is 9.18 Å². The van der Waals surface area contributed by atoms with Crippen LogP contribution in [0.1, 0.15) is 5.56 Å². The van der Waals surface area contributed by atoms with Crippen molar-refractivity contribution in [1.82, 2.24) is 10.2 Å². The van der Waals surface area contributed by atoms with Crippen LogP contribution in [0.2, 0.25) is 5.02 Å². The summed E-state index contributed by atoms with van der Waals surface area (Å²) in [6.07, 6.45) is 0.572. The molecule has 138 valence electrons. The molecular weight excluding hydrogens is 353 g/mol. The SMILES string of the molecule is O=C(CNCCc1ccccc1F)N1CCN(c2cccc(Cl)c2)CC1. The van der Waals surface area contributed by atoms with Gasteiger partial charge in [-0.15, -0.1) is 0 Å². The lowest BCUT2D eigenvalue weighted by Crippen LogP contribution is -2.51. The average Bonchev–Trinajstić information content (AvgIpc) is 2.66. The molecule has 1 fully saturated rings. The molecule has 0 spiro atoms. The van der Waals surface area contributed by atoms with Crippen LogP contribution >= 0.6 is 11.6 Å². The first kappa shape index (κ1) is 18.7. The molecule has 4 nitrogen and oxygen atoms in total. The number of piperazine rings is 1. The lowest BCUT2D eigenvalue weighted by Gasteiger charge is -2.36. The van der Waals surface area contributed by atoms with E-state index in [0.717, 1.165) is 23.8 Å². The fourth-order valence-corrected chi connectivity index (χ4v) is 3.30. The number of benzene rings is 2. The Morgan fingerprint density at radius 3 is 2.58 bits per heavy atom. The van der Waals surface area contributed by atoms with E-state index in [-0.39, 0.29) is 18.3 Å². The minimum atomic E-state index is -0.197. The van der Waals surface area contributed by atoms with Crippen LogP contribution in [-0.4, -0.2) is 50.1 Å². The summed E-state index contributed by atoms with van der Waals surface area (Å²) in [4.78, 5) is 16.4. The molecule has 1 amide bonds. The molecule has 26 heavy (non-hydrogen) atoms. The fourth-order valence-electron chi connectivity index (χ4n) is 3.12. The average molecular weight is 376 g/mol. The standard InChI is InChI=1S/C20H23ClFN3O/c21-17-5-3-6-18(14-17)24-10-12-25(13-11-24)20(26)15-23-9-8-16-4-1-2-7-19(16)22/h1-7,14,23H,8-13,15H2. The largest absolute Gasteiger partial charge is 0.368 e. The Kier molecular flexibility index (Phi) is 6.47. The van der Waals surface area contributed by atoms with Crippen molar-refractivity contribution >= 4 is 23.2 Å². The second-order valence-corrected chi connectivity index (χ2v) is 6.80. The predicted octanol–water partition coefficient (Wildman–Crippen LogP) is 2.96. The molecule has 0 aliphatic carbocycles. The Morgan fingerprint density at radius 1 is 1.08 bits per heavy atom. The van der Waals surface area contributed by atoms with E-state index >= 15 is 0 Å². The van der Waals surface area contributed by atoms with Gasteiger partial charge in [0.2, 0.25) is 5.91 Å². The Balaban J connectivity index is 1.39. The number of rotatable bonds is 6. The second kappa shape index (κ2) is 9.01. The first-order valence-electron chi connectivity index (χ1n) is 8.86. The van der Waals surface area contributed by atoms with Crippen molar-refractivity contribution in [3.05, 3.63) is 64.9 Å². The number of halogens is 2. The van der Waals surface area contributed by atoms with Crippen molar-refractivity contribution in [2.75, 3.05) is 44.2 Å². The number of amides is 1. The molecule has 0 bridgehead atoms. The van der Waals surface area contributed by atoms with Gasteiger partial charge in [-0.25, -0.2) is 4.39 Å². The van der Waals surface area contributed by atoms with Gasteiger partial charge in [0.05, 0.1) is 6.54 Å². The maximum absolute atomic E-state index is 13.6. The van der Waals surface area contributed by atoms with Gasteiger partial charge in [0, 0.05) is 36.9 Å². The summed E-state index contributed by atoms with van der Waals surface area (Å²) in [7, 11) is 0. The predicted molar refractivity (Wildman–Crippen MR) is 103 cm³/mol. The Hall–Kier alpha value is -2.11. The molecular formula is C20H23ClFN3O. The lowest BCUT2D eigenvalue weighted by atomic mass is 10.1. The van der Waals surface area contributed by atoms with Gasteiger partial charge in [0.15, 0.2) is 0 Å². The van der Waals surface area contributed by atoms with E-state index in [2.05, 4.69) is 10.2 Å². The molecule has 1 heterocycles. The van der Waals surface area contributed by atoms with Crippen molar-refractivity contribution in [3.8, 4) is 0 Å². The van der Waals surface area contributed by atoms with Crippen LogP contribution in [-0.2, 0) is 11.2 Å². The second-order valence-electron chi connectivity index (χ2n) is 6.37. The molecule has 6 heteroatoms. The monoisotopic (exact) mass is 375 g/mol. The highest BCUT2D eigenvalue weighted by atomic mass is 35.5. The summed E-state index contributed by atoms with van der Waals surface area (Å²) in [5.41, 5.74) is 1.76. The number of carbonyl (C=O) groups excluding carboxylic acids is 1. The quantitative estimate of drug-likeness (QED) is 0.788. The topological polar surface area (TPSA) is 35.6 Å². The third kappa shape index (κ3) is 4.96. The molecule has 0 radical (unpaired) electrons. The van der Waals surface area contributed by atoms with E-state index < -0.39 is 0 Å². The minimum Gasteiger partial charge on any atom is -0.368 e. The van der Waals surface area contributed by atoms with Crippen molar-refractivity contribution in [1.29, 1.82) is 0 Å². The molecule has 2 aromatic carbocycles. The minimum absolute atomic E-state index is 0.0873. The maximum Gasteiger partial charge on any atom is 0.236 e. The summed E-state index contributed by atoms with van der Waals surface area (Å²) >= 11 is 6.05.